The lowest BCUT2D eigenvalue weighted by Crippen LogP contribution is -2.45. The van der Waals surface area contributed by atoms with Crippen LogP contribution in [0.25, 0.3) is 11.1 Å². The lowest BCUT2D eigenvalue weighted by Gasteiger charge is -2.33. The minimum absolute atomic E-state index is 0.00955. The third kappa shape index (κ3) is 6.05. The zero-order valence-corrected chi connectivity index (χ0v) is 17.2. The summed E-state index contributed by atoms with van der Waals surface area (Å²) in [5, 5.41) is 20.5. The van der Waals surface area contributed by atoms with Crippen LogP contribution in [0.5, 0.6) is 0 Å². The van der Waals surface area contributed by atoms with Crippen LogP contribution >= 0.6 is 23.2 Å². The predicted octanol–water partition coefficient (Wildman–Crippen LogP) is 4.18. The fourth-order valence-electron chi connectivity index (χ4n) is 2.90. The van der Waals surface area contributed by atoms with Gasteiger partial charge in [0.05, 0.1) is 13.2 Å². The number of hydrogen-bond acceptors (Lipinski definition) is 5. The van der Waals surface area contributed by atoms with Crippen molar-refractivity contribution in [1.82, 2.24) is 10.3 Å². The molecule has 1 aromatic carbocycles. The number of alkyl halides is 3. The van der Waals surface area contributed by atoms with Crippen molar-refractivity contribution in [3.8, 4) is 17.2 Å². The number of nitrogens with one attached hydrogen (secondary N) is 1. The van der Waals surface area contributed by atoms with Crippen LogP contribution in [-0.2, 0) is 15.1 Å². The van der Waals surface area contributed by atoms with Crippen molar-refractivity contribution in [2.75, 3.05) is 13.2 Å². The van der Waals surface area contributed by atoms with Gasteiger partial charge in [0.1, 0.15) is 11.8 Å². The lowest BCUT2D eigenvalue weighted by atomic mass is 9.87. The molecule has 0 saturated carbocycles. The van der Waals surface area contributed by atoms with Crippen LogP contribution in [0.1, 0.15) is 24.1 Å². The normalized spacial score (nSPS) is 12.6. The molecular formula is C20H18Cl2FN3O4. The second-order valence-corrected chi connectivity index (χ2v) is 7.39. The summed E-state index contributed by atoms with van der Waals surface area (Å²) >= 11 is 11.1. The largest absolute Gasteiger partial charge is 0.506 e. The average molecular weight is 454 g/mol. The van der Waals surface area contributed by atoms with E-state index in [2.05, 4.69) is 10.3 Å². The number of carbonyl (C=O) groups is 2. The molecule has 2 N–H and O–H groups in total. The zero-order chi connectivity index (χ0) is 22.1. The first kappa shape index (κ1) is 23.4. The second kappa shape index (κ2) is 10.8. The lowest BCUT2D eigenvalue weighted by molar-refractivity contribution is -0.121. The van der Waals surface area contributed by atoms with Gasteiger partial charge in [-0.2, -0.15) is 5.26 Å². The van der Waals surface area contributed by atoms with Gasteiger partial charge in [-0.15, -0.1) is 0 Å². The number of amides is 1. The molecule has 0 unspecified atom stereocenters. The molecule has 0 aliphatic rings. The summed E-state index contributed by atoms with van der Waals surface area (Å²) in [5.74, 6) is -0.725. The predicted molar refractivity (Wildman–Crippen MR) is 109 cm³/mol. The number of carbonyl (C=O) groups excluding carboxylic acids is 1. The number of hydrogen-bond donors (Lipinski definition) is 2. The molecule has 10 heteroatoms. The maximum Gasteiger partial charge on any atom is 0.506 e. The molecule has 1 atom stereocenters. The van der Waals surface area contributed by atoms with Crippen molar-refractivity contribution in [2.45, 2.75) is 23.3 Å². The van der Waals surface area contributed by atoms with E-state index in [1.165, 1.54) is 0 Å². The Morgan fingerprint density at radius 3 is 2.40 bits per heavy atom. The maximum absolute atomic E-state index is 12.9. The molecule has 0 radical (unpaired) electrons. The Balaban J connectivity index is 2.38. The van der Waals surface area contributed by atoms with Crippen molar-refractivity contribution in [3.63, 3.8) is 0 Å². The van der Waals surface area contributed by atoms with E-state index in [-0.39, 0.29) is 25.1 Å². The van der Waals surface area contributed by atoms with E-state index in [1.54, 1.807) is 42.6 Å². The summed E-state index contributed by atoms with van der Waals surface area (Å²) in [6, 6.07) is 11.9. The molecule has 0 fully saturated rings. The molecule has 30 heavy (non-hydrogen) atoms. The van der Waals surface area contributed by atoms with Gasteiger partial charge in [0, 0.05) is 11.8 Å². The van der Waals surface area contributed by atoms with Crippen molar-refractivity contribution >= 4 is 35.3 Å². The van der Waals surface area contributed by atoms with Gasteiger partial charge in [-0.1, -0.05) is 47.5 Å². The fourth-order valence-corrected chi connectivity index (χ4v) is 3.06. The number of nitrogens with zero attached hydrogens (tertiary/aromatic N) is 2. The standard InChI is InChI=1S/C20H18Cl2FN3O4/c21-17(22)18(27)26-12-20(8-1-9-23,30-19(28)29)15-5-2-13(3-6-15)14-4-7-16(10-24)25-11-14/h2-7,11,17H,1,8-9,12H2,(H,26,27)(H,28,29)/t20-/m0/s1. The highest BCUT2D eigenvalue weighted by Crippen LogP contribution is 2.33. The smallest absolute Gasteiger partial charge is 0.450 e. The number of rotatable bonds is 9. The highest BCUT2D eigenvalue weighted by Gasteiger charge is 2.37. The number of ether oxygens (including phenoxy) is 1. The molecular weight excluding hydrogens is 436 g/mol. The number of aromatic nitrogens is 1. The Kier molecular flexibility index (Phi) is 8.39. The summed E-state index contributed by atoms with van der Waals surface area (Å²) in [7, 11) is 0. The molecule has 0 bridgehead atoms. The molecule has 1 heterocycles. The summed E-state index contributed by atoms with van der Waals surface area (Å²) in [6.45, 7) is -0.965. The van der Waals surface area contributed by atoms with Crippen LogP contribution in [0.4, 0.5) is 9.18 Å². The van der Waals surface area contributed by atoms with E-state index in [1.807, 2.05) is 6.07 Å². The van der Waals surface area contributed by atoms with Gasteiger partial charge in [-0.3, -0.25) is 9.18 Å². The van der Waals surface area contributed by atoms with Gasteiger partial charge in [-0.05, 0) is 36.1 Å². The molecule has 2 aromatic rings. The molecule has 2 rings (SSSR count). The number of carboxylic acid groups (broad SMARTS) is 1. The van der Waals surface area contributed by atoms with Crippen LogP contribution in [-0.4, -0.2) is 40.2 Å². The quantitative estimate of drug-likeness (QED) is 0.434. The molecule has 0 saturated heterocycles. The van der Waals surface area contributed by atoms with E-state index in [4.69, 9.17) is 33.2 Å². The third-order valence-corrected chi connectivity index (χ3v) is 4.76. The van der Waals surface area contributed by atoms with Gasteiger partial charge in [0.25, 0.3) is 5.91 Å². The first-order valence-electron chi connectivity index (χ1n) is 8.82. The van der Waals surface area contributed by atoms with Gasteiger partial charge < -0.3 is 15.2 Å². The summed E-state index contributed by atoms with van der Waals surface area (Å²) in [5.41, 5.74) is 0.677. The summed E-state index contributed by atoms with van der Waals surface area (Å²) < 4.78 is 18.0. The Hall–Kier alpha value is -2.89. The minimum atomic E-state index is -1.57. The first-order valence-corrected chi connectivity index (χ1v) is 9.69. The van der Waals surface area contributed by atoms with Gasteiger partial charge >= 0.3 is 6.16 Å². The Labute approximate surface area is 182 Å². The minimum Gasteiger partial charge on any atom is -0.450 e. The maximum atomic E-state index is 12.9. The van der Waals surface area contributed by atoms with Crippen LogP contribution in [0, 0.1) is 11.3 Å². The molecule has 0 aliphatic heterocycles. The molecule has 1 amide bonds. The number of benzene rings is 1. The molecule has 7 nitrogen and oxygen atoms in total. The molecule has 1 aromatic heterocycles. The summed E-state index contributed by atoms with van der Waals surface area (Å²) in [6.07, 6.45) is -0.0331. The monoisotopic (exact) mass is 453 g/mol. The van der Waals surface area contributed by atoms with E-state index in [0.717, 1.165) is 11.1 Å². The Bertz CT molecular complexity index is 917. The molecule has 0 spiro atoms. The SMILES string of the molecule is N#Cc1ccc(-c2ccc([C@](CCCF)(CNC(=O)C(Cl)Cl)OC(=O)O)cc2)cn1. The van der Waals surface area contributed by atoms with Crippen LogP contribution < -0.4 is 5.32 Å². The van der Waals surface area contributed by atoms with Gasteiger partial charge in [0.15, 0.2) is 10.4 Å². The zero-order valence-electron chi connectivity index (χ0n) is 15.6. The van der Waals surface area contributed by atoms with Gasteiger partial charge in [-0.25, -0.2) is 9.78 Å². The molecule has 158 valence electrons. The van der Waals surface area contributed by atoms with E-state index in [9.17, 15) is 19.1 Å². The van der Waals surface area contributed by atoms with E-state index in [0.29, 0.717) is 5.56 Å². The third-order valence-electron chi connectivity index (χ3n) is 4.37. The van der Waals surface area contributed by atoms with Crippen LogP contribution in [0.3, 0.4) is 0 Å². The van der Waals surface area contributed by atoms with Crippen molar-refractivity contribution in [2.24, 2.45) is 0 Å². The first-order chi connectivity index (χ1) is 14.3. The number of halogens is 3. The van der Waals surface area contributed by atoms with Crippen LogP contribution in [0.15, 0.2) is 42.6 Å². The fraction of sp³-hybridized carbons (Fsp3) is 0.300. The number of nitriles is 1. The molecule has 0 aliphatic carbocycles. The highest BCUT2D eigenvalue weighted by molar-refractivity contribution is 6.53. The number of pyridine rings is 1. The Morgan fingerprint density at radius 2 is 1.90 bits per heavy atom. The van der Waals surface area contributed by atoms with E-state index < -0.39 is 29.2 Å². The Morgan fingerprint density at radius 1 is 1.23 bits per heavy atom. The average Bonchev–Trinajstić information content (AvgIpc) is 2.75. The van der Waals surface area contributed by atoms with Crippen LogP contribution in [0.2, 0.25) is 0 Å². The van der Waals surface area contributed by atoms with Crippen molar-refractivity contribution < 1.29 is 23.8 Å². The summed E-state index contributed by atoms with van der Waals surface area (Å²) in [4.78, 5) is 25.8. The van der Waals surface area contributed by atoms with E-state index >= 15 is 0 Å². The second-order valence-electron chi connectivity index (χ2n) is 6.29. The topological polar surface area (TPSA) is 112 Å². The van der Waals surface area contributed by atoms with Crippen molar-refractivity contribution in [3.05, 3.63) is 53.9 Å². The van der Waals surface area contributed by atoms with Crippen molar-refractivity contribution in [1.29, 1.82) is 5.26 Å². The van der Waals surface area contributed by atoms with Gasteiger partial charge in [0.2, 0.25) is 0 Å². The highest BCUT2D eigenvalue weighted by atomic mass is 35.5.